The van der Waals surface area contributed by atoms with Crippen molar-refractivity contribution in [3.8, 4) is 0 Å². The standard InChI is InChI=1S/C12H17N3O4S/c1-19-9-6-11(14-7-9)12(16)15-8-3-2-4-10(5-8)20(13,17)18/h2-5,9,11,14H,6-7H2,1H3,(H,15,16)(H2,13,17,18). The molecule has 1 amide bonds. The van der Waals surface area contributed by atoms with Crippen LogP contribution in [0.5, 0.6) is 0 Å². The van der Waals surface area contributed by atoms with Gasteiger partial charge in [0.25, 0.3) is 0 Å². The van der Waals surface area contributed by atoms with Gasteiger partial charge in [-0.2, -0.15) is 0 Å². The van der Waals surface area contributed by atoms with Crippen molar-refractivity contribution in [1.29, 1.82) is 0 Å². The maximum atomic E-state index is 12.0. The number of primary sulfonamides is 1. The smallest absolute Gasteiger partial charge is 0.241 e. The molecule has 0 aromatic heterocycles. The third-order valence-electron chi connectivity index (χ3n) is 3.17. The molecule has 8 heteroatoms. The average molecular weight is 299 g/mol. The fourth-order valence-corrected chi connectivity index (χ4v) is 2.62. The van der Waals surface area contributed by atoms with E-state index in [4.69, 9.17) is 9.88 Å². The topological polar surface area (TPSA) is 111 Å². The normalized spacial score (nSPS) is 22.7. The van der Waals surface area contributed by atoms with Crippen LogP contribution in [0.25, 0.3) is 0 Å². The number of hydrogen-bond donors (Lipinski definition) is 3. The van der Waals surface area contributed by atoms with Crippen molar-refractivity contribution in [1.82, 2.24) is 5.32 Å². The number of amides is 1. The number of methoxy groups -OCH3 is 1. The van der Waals surface area contributed by atoms with Gasteiger partial charge in [0.15, 0.2) is 0 Å². The Kier molecular flexibility index (Phi) is 4.39. The number of benzene rings is 1. The summed E-state index contributed by atoms with van der Waals surface area (Å²) in [5.41, 5.74) is 0.393. The van der Waals surface area contributed by atoms with Crippen molar-refractivity contribution in [2.75, 3.05) is 19.0 Å². The van der Waals surface area contributed by atoms with E-state index in [2.05, 4.69) is 10.6 Å². The van der Waals surface area contributed by atoms with E-state index >= 15 is 0 Å². The van der Waals surface area contributed by atoms with Crippen molar-refractivity contribution < 1.29 is 17.9 Å². The zero-order chi connectivity index (χ0) is 14.8. The van der Waals surface area contributed by atoms with Crippen LogP contribution in [-0.4, -0.2) is 40.1 Å². The Labute approximate surface area is 117 Å². The van der Waals surface area contributed by atoms with E-state index in [9.17, 15) is 13.2 Å². The van der Waals surface area contributed by atoms with Gasteiger partial charge < -0.3 is 15.4 Å². The van der Waals surface area contributed by atoms with Crippen LogP contribution < -0.4 is 15.8 Å². The highest BCUT2D eigenvalue weighted by Crippen LogP contribution is 2.16. The van der Waals surface area contributed by atoms with Crippen LogP contribution in [0.3, 0.4) is 0 Å². The lowest BCUT2D eigenvalue weighted by Crippen LogP contribution is -2.35. The van der Waals surface area contributed by atoms with Gasteiger partial charge in [-0.15, -0.1) is 0 Å². The van der Waals surface area contributed by atoms with Gasteiger partial charge in [0.2, 0.25) is 15.9 Å². The molecule has 4 N–H and O–H groups in total. The summed E-state index contributed by atoms with van der Waals surface area (Å²) in [7, 11) is -2.18. The molecule has 2 atom stereocenters. The Morgan fingerprint density at radius 2 is 2.25 bits per heavy atom. The van der Waals surface area contributed by atoms with Crippen molar-refractivity contribution in [2.45, 2.75) is 23.5 Å². The van der Waals surface area contributed by atoms with Crippen molar-refractivity contribution >= 4 is 21.6 Å². The van der Waals surface area contributed by atoms with E-state index in [0.717, 1.165) is 0 Å². The molecule has 1 aromatic rings. The van der Waals surface area contributed by atoms with Crippen LogP contribution in [0.4, 0.5) is 5.69 Å². The molecular formula is C12H17N3O4S. The number of rotatable bonds is 4. The highest BCUT2D eigenvalue weighted by atomic mass is 32.2. The molecule has 1 aromatic carbocycles. The largest absolute Gasteiger partial charge is 0.380 e. The van der Waals surface area contributed by atoms with Gasteiger partial charge in [-0.25, -0.2) is 13.6 Å². The van der Waals surface area contributed by atoms with Crippen LogP contribution in [0.15, 0.2) is 29.2 Å². The van der Waals surface area contributed by atoms with E-state index in [1.165, 1.54) is 18.2 Å². The molecule has 0 spiro atoms. The highest BCUT2D eigenvalue weighted by molar-refractivity contribution is 7.89. The Morgan fingerprint density at radius 3 is 2.85 bits per heavy atom. The van der Waals surface area contributed by atoms with Gasteiger partial charge in [-0.3, -0.25) is 4.79 Å². The predicted octanol–water partition coefficient (Wildman–Crippen LogP) is -0.351. The van der Waals surface area contributed by atoms with Gasteiger partial charge in [0, 0.05) is 19.3 Å². The first kappa shape index (κ1) is 14.9. The zero-order valence-electron chi connectivity index (χ0n) is 11.0. The molecule has 20 heavy (non-hydrogen) atoms. The second kappa shape index (κ2) is 5.88. The molecule has 2 rings (SSSR count). The molecule has 1 saturated heterocycles. The minimum absolute atomic E-state index is 0.0153. The van der Waals surface area contributed by atoms with Crippen molar-refractivity contribution in [3.63, 3.8) is 0 Å². The van der Waals surface area contributed by atoms with E-state index in [1.807, 2.05) is 0 Å². The van der Waals surface area contributed by atoms with Gasteiger partial charge >= 0.3 is 0 Å². The highest BCUT2D eigenvalue weighted by Gasteiger charge is 2.29. The summed E-state index contributed by atoms with van der Waals surface area (Å²) in [5.74, 6) is -0.226. The predicted molar refractivity (Wildman–Crippen MR) is 73.6 cm³/mol. The van der Waals surface area contributed by atoms with Crippen LogP contribution in [0.1, 0.15) is 6.42 Å². The molecule has 0 bridgehead atoms. The summed E-state index contributed by atoms with van der Waals surface area (Å²) in [5, 5.41) is 10.8. The molecule has 110 valence electrons. The second-order valence-electron chi connectivity index (χ2n) is 4.62. The Balaban J connectivity index is 2.05. The molecule has 0 saturated carbocycles. The van der Waals surface area contributed by atoms with Crippen LogP contribution in [0.2, 0.25) is 0 Å². The van der Waals surface area contributed by atoms with Gasteiger partial charge in [-0.1, -0.05) is 6.07 Å². The summed E-state index contributed by atoms with van der Waals surface area (Å²) in [4.78, 5) is 12.0. The third-order valence-corrected chi connectivity index (χ3v) is 4.08. The summed E-state index contributed by atoms with van der Waals surface area (Å²) >= 11 is 0. The Morgan fingerprint density at radius 1 is 1.50 bits per heavy atom. The first-order valence-corrected chi connectivity index (χ1v) is 7.64. The zero-order valence-corrected chi connectivity index (χ0v) is 11.8. The molecule has 1 fully saturated rings. The summed E-state index contributed by atoms with van der Waals surface area (Å²) < 4.78 is 27.7. The van der Waals surface area contributed by atoms with Crippen LogP contribution >= 0.6 is 0 Å². The van der Waals surface area contributed by atoms with Crippen molar-refractivity contribution in [3.05, 3.63) is 24.3 Å². The lowest BCUT2D eigenvalue weighted by Gasteiger charge is -2.11. The molecule has 7 nitrogen and oxygen atoms in total. The lowest BCUT2D eigenvalue weighted by molar-refractivity contribution is -0.118. The van der Waals surface area contributed by atoms with E-state index < -0.39 is 10.0 Å². The van der Waals surface area contributed by atoms with E-state index in [1.54, 1.807) is 13.2 Å². The molecule has 0 aliphatic carbocycles. The van der Waals surface area contributed by atoms with Crippen LogP contribution in [-0.2, 0) is 19.6 Å². The number of carbonyl (C=O) groups is 1. The first-order valence-electron chi connectivity index (χ1n) is 6.10. The number of sulfonamides is 1. The summed E-state index contributed by atoms with van der Waals surface area (Å²) in [6.45, 7) is 0.617. The second-order valence-corrected chi connectivity index (χ2v) is 6.18. The first-order chi connectivity index (χ1) is 9.40. The quantitative estimate of drug-likeness (QED) is 0.704. The van der Waals surface area contributed by atoms with Gasteiger partial charge in [0.1, 0.15) is 0 Å². The molecule has 1 aliphatic rings. The minimum Gasteiger partial charge on any atom is -0.380 e. The molecule has 1 heterocycles. The van der Waals surface area contributed by atoms with E-state index in [-0.39, 0.29) is 22.9 Å². The molecule has 0 radical (unpaired) electrons. The Hall–Kier alpha value is -1.48. The average Bonchev–Trinajstić information content (AvgIpc) is 2.87. The van der Waals surface area contributed by atoms with Gasteiger partial charge in [-0.05, 0) is 24.6 Å². The number of ether oxygens (including phenoxy) is 1. The minimum atomic E-state index is -3.78. The van der Waals surface area contributed by atoms with E-state index in [0.29, 0.717) is 18.7 Å². The maximum Gasteiger partial charge on any atom is 0.241 e. The van der Waals surface area contributed by atoms with Crippen molar-refractivity contribution in [2.24, 2.45) is 5.14 Å². The molecule has 2 unspecified atom stereocenters. The fourth-order valence-electron chi connectivity index (χ4n) is 2.06. The fraction of sp³-hybridized carbons (Fsp3) is 0.417. The molecular weight excluding hydrogens is 282 g/mol. The van der Waals surface area contributed by atoms with Crippen LogP contribution in [0, 0.1) is 0 Å². The molecule has 1 aliphatic heterocycles. The number of nitrogens with one attached hydrogen (secondary N) is 2. The maximum absolute atomic E-state index is 12.0. The number of nitrogens with two attached hydrogens (primary N) is 1. The summed E-state index contributed by atoms with van der Waals surface area (Å²) in [6, 6.07) is 5.48. The van der Waals surface area contributed by atoms with Gasteiger partial charge in [0.05, 0.1) is 17.0 Å². The number of anilines is 1. The number of hydrogen-bond acceptors (Lipinski definition) is 5. The lowest BCUT2D eigenvalue weighted by atomic mass is 10.2. The summed E-state index contributed by atoms with van der Waals surface area (Å²) in [6.07, 6.45) is 0.596. The SMILES string of the molecule is COC1CNC(C(=O)Nc2cccc(S(N)(=O)=O)c2)C1. The third kappa shape index (κ3) is 3.54. The monoisotopic (exact) mass is 299 g/mol. The Bertz CT molecular complexity index is 602. The number of carbonyl (C=O) groups excluding carboxylic acids is 1.